The third-order valence-electron chi connectivity index (χ3n) is 5.67. The fraction of sp³-hybridized carbons (Fsp3) is 0.154. The fourth-order valence-electron chi connectivity index (χ4n) is 3.69. The van der Waals surface area contributed by atoms with Gasteiger partial charge in [0.15, 0.2) is 0 Å². The third-order valence-corrected chi connectivity index (χ3v) is 6.08. The summed E-state index contributed by atoms with van der Waals surface area (Å²) >= 11 is 6.28. The molecule has 4 rings (SSSR count). The molecule has 3 aromatic rings. The van der Waals surface area contributed by atoms with Crippen molar-refractivity contribution >= 4 is 40.4 Å². The number of nitrogens with one attached hydrogen (secondary N) is 1. The third kappa shape index (κ3) is 3.75. The van der Waals surface area contributed by atoms with Gasteiger partial charge in [0.2, 0.25) is 0 Å². The first-order valence-electron chi connectivity index (χ1n) is 10.1. The van der Waals surface area contributed by atoms with Gasteiger partial charge < -0.3 is 5.32 Å². The van der Waals surface area contributed by atoms with E-state index in [9.17, 15) is 9.59 Å². The molecule has 0 spiro atoms. The molecule has 0 saturated heterocycles. The highest BCUT2D eigenvalue weighted by molar-refractivity contribution is 6.46. The van der Waals surface area contributed by atoms with Gasteiger partial charge >= 0.3 is 0 Å². The summed E-state index contributed by atoms with van der Waals surface area (Å²) in [4.78, 5) is 28.3. The van der Waals surface area contributed by atoms with Gasteiger partial charge in [0, 0.05) is 10.7 Å². The minimum atomic E-state index is -0.386. The Morgan fingerprint density at radius 1 is 0.806 bits per heavy atom. The van der Waals surface area contributed by atoms with Gasteiger partial charge in [0.1, 0.15) is 5.70 Å². The second-order valence-corrected chi connectivity index (χ2v) is 8.28. The van der Waals surface area contributed by atoms with Gasteiger partial charge in [-0.05, 0) is 79.8 Å². The van der Waals surface area contributed by atoms with Crippen LogP contribution in [-0.4, -0.2) is 11.8 Å². The SMILES string of the molecule is Cc1cccc(N2C(=O)C(Nc3cccc(Cl)c3C)=C(c3ccc(C)c(C)c3)C2=O)c1. The molecule has 0 fully saturated rings. The fourth-order valence-corrected chi connectivity index (χ4v) is 3.86. The molecule has 0 unspecified atom stereocenters. The van der Waals surface area contributed by atoms with E-state index in [1.54, 1.807) is 12.1 Å². The zero-order valence-electron chi connectivity index (χ0n) is 17.9. The van der Waals surface area contributed by atoms with Crippen LogP contribution in [0.5, 0.6) is 0 Å². The monoisotopic (exact) mass is 430 g/mol. The predicted molar refractivity (Wildman–Crippen MR) is 126 cm³/mol. The van der Waals surface area contributed by atoms with E-state index in [0.29, 0.717) is 27.5 Å². The Bertz CT molecular complexity index is 1260. The first kappa shape index (κ1) is 20.9. The van der Waals surface area contributed by atoms with Crippen molar-refractivity contribution in [1.29, 1.82) is 0 Å². The molecule has 0 bridgehead atoms. The molecule has 0 saturated carbocycles. The van der Waals surface area contributed by atoms with Gasteiger partial charge in [-0.3, -0.25) is 9.59 Å². The maximum Gasteiger partial charge on any atom is 0.282 e. The average molecular weight is 431 g/mol. The molecule has 2 amide bonds. The first-order valence-corrected chi connectivity index (χ1v) is 10.4. The quantitative estimate of drug-likeness (QED) is 0.518. The molecular formula is C26H23ClN2O2. The minimum Gasteiger partial charge on any atom is -0.350 e. The van der Waals surface area contributed by atoms with Crippen LogP contribution in [0.2, 0.25) is 5.02 Å². The minimum absolute atomic E-state index is 0.250. The van der Waals surface area contributed by atoms with Crippen LogP contribution in [-0.2, 0) is 9.59 Å². The number of halogens is 1. The van der Waals surface area contributed by atoms with Gasteiger partial charge in [0.25, 0.3) is 11.8 Å². The van der Waals surface area contributed by atoms with Crippen molar-refractivity contribution in [2.24, 2.45) is 0 Å². The second kappa shape index (κ2) is 8.05. The van der Waals surface area contributed by atoms with Crippen LogP contribution in [0.1, 0.15) is 27.8 Å². The number of amides is 2. The van der Waals surface area contributed by atoms with Crippen molar-refractivity contribution in [3.63, 3.8) is 0 Å². The van der Waals surface area contributed by atoms with E-state index in [1.807, 2.05) is 76.2 Å². The Hall–Kier alpha value is -3.37. The summed E-state index contributed by atoms with van der Waals surface area (Å²) in [7, 11) is 0. The van der Waals surface area contributed by atoms with Crippen LogP contribution < -0.4 is 10.2 Å². The maximum atomic E-state index is 13.6. The highest BCUT2D eigenvalue weighted by Crippen LogP contribution is 2.35. The molecule has 1 N–H and O–H groups in total. The Balaban J connectivity index is 1.88. The molecule has 0 radical (unpaired) electrons. The highest BCUT2D eigenvalue weighted by Gasteiger charge is 2.40. The van der Waals surface area contributed by atoms with Gasteiger partial charge in [-0.1, -0.05) is 48.0 Å². The van der Waals surface area contributed by atoms with E-state index in [-0.39, 0.29) is 17.5 Å². The molecule has 0 atom stereocenters. The topological polar surface area (TPSA) is 49.4 Å². The van der Waals surface area contributed by atoms with Gasteiger partial charge in [-0.2, -0.15) is 0 Å². The first-order chi connectivity index (χ1) is 14.8. The Morgan fingerprint density at radius 2 is 1.55 bits per heavy atom. The number of anilines is 2. The summed E-state index contributed by atoms with van der Waals surface area (Å²) in [5.74, 6) is -0.732. The van der Waals surface area contributed by atoms with Crippen molar-refractivity contribution < 1.29 is 9.59 Å². The summed E-state index contributed by atoms with van der Waals surface area (Å²) in [6.07, 6.45) is 0. The van der Waals surface area contributed by atoms with E-state index < -0.39 is 0 Å². The molecule has 4 nitrogen and oxygen atoms in total. The van der Waals surface area contributed by atoms with Crippen LogP contribution in [0.15, 0.2) is 66.4 Å². The number of hydrogen-bond donors (Lipinski definition) is 1. The Morgan fingerprint density at radius 3 is 2.26 bits per heavy atom. The molecule has 0 aliphatic carbocycles. The molecule has 1 aliphatic rings. The number of benzene rings is 3. The summed E-state index contributed by atoms with van der Waals surface area (Å²) in [5, 5.41) is 3.80. The lowest BCUT2D eigenvalue weighted by Gasteiger charge is -2.16. The van der Waals surface area contributed by atoms with E-state index in [0.717, 1.165) is 22.3 Å². The normalized spacial score (nSPS) is 13.9. The van der Waals surface area contributed by atoms with E-state index in [4.69, 9.17) is 11.6 Å². The van der Waals surface area contributed by atoms with Gasteiger partial charge in [-0.15, -0.1) is 0 Å². The lowest BCUT2D eigenvalue weighted by atomic mass is 9.99. The lowest BCUT2D eigenvalue weighted by molar-refractivity contribution is -0.120. The van der Waals surface area contributed by atoms with Crippen molar-refractivity contribution in [2.45, 2.75) is 27.7 Å². The standard InChI is InChI=1S/C26H23ClN2O2/c1-15-7-5-8-20(13-15)29-25(30)23(19-12-11-16(2)17(3)14-19)24(26(29)31)28-22-10-6-9-21(27)18(22)4/h5-14,28H,1-4H3. The Kier molecular flexibility index (Phi) is 5.42. The lowest BCUT2D eigenvalue weighted by Crippen LogP contribution is -2.32. The summed E-state index contributed by atoms with van der Waals surface area (Å²) in [6, 6.07) is 18.6. The van der Waals surface area contributed by atoms with Gasteiger partial charge in [-0.25, -0.2) is 4.90 Å². The zero-order chi connectivity index (χ0) is 22.3. The number of aryl methyl sites for hydroxylation is 3. The predicted octanol–water partition coefficient (Wildman–Crippen LogP) is 5.97. The van der Waals surface area contributed by atoms with Gasteiger partial charge in [0.05, 0.1) is 11.3 Å². The molecule has 1 aliphatic heterocycles. The largest absolute Gasteiger partial charge is 0.350 e. The average Bonchev–Trinajstić information content (AvgIpc) is 2.97. The maximum absolute atomic E-state index is 13.6. The molecule has 31 heavy (non-hydrogen) atoms. The molecule has 156 valence electrons. The smallest absolute Gasteiger partial charge is 0.282 e. The van der Waals surface area contributed by atoms with Crippen molar-refractivity contribution in [3.05, 3.63) is 99.2 Å². The van der Waals surface area contributed by atoms with E-state index >= 15 is 0 Å². The molecule has 0 aromatic heterocycles. The number of nitrogens with zero attached hydrogens (tertiary/aromatic N) is 1. The zero-order valence-corrected chi connectivity index (χ0v) is 18.7. The van der Waals surface area contributed by atoms with Crippen molar-refractivity contribution in [3.8, 4) is 0 Å². The van der Waals surface area contributed by atoms with Crippen LogP contribution in [0, 0.1) is 27.7 Å². The van der Waals surface area contributed by atoms with Crippen molar-refractivity contribution in [1.82, 2.24) is 0 Å². The van der Waals surface area contributed by atoms with Crippen LogP contribution >= 0.6 is 11.6 Å². The summed E-state index contributed by atoms with van der Waals surface area (Å²) in [5.41, 5.74) is 6.51. The number of carbonyl (C=O) groups excluding carboxylic acids is 2. The van der Waals surface area contributed by atoms with E-state index in [1.165, 1.54) is 4.90 Å². The Labute approximate surface area is 187 Å². The van der Waals surface area contributed by atoms with Crippen LogP contribution in [0.4, 0.5) is 11.4 Å². The second-order valence-electron chi connectivity index (χ2n) is 7.87. The number of hydrogen-bond acceptors (Lipinski definition) is 3. The van der Waals surface area contributed by atoms with Crippen molar-refractivity contribution in [2.75, 3.05) is 10.2 Å². The molecule has 3 aromatic carbocycles. The number of imide groups is 1. The summed E-state index contributed by atoms with van der Waals surface area (Å²) in [6.45, 7) is 7.82. The van der Waals surface area contributed by atoms with E-state index in [2.05, 4.69) is 5.32 Å². The highest BCUT2D eigenvalue weighted by atomic mass is 35.5. The number of rotatable bonds is 4. The summed E-state index contributed by atoms with van der Waals surface area (Å²) < 4.78 is 0. The molecular weight excluding hydrogens is 408 g/mol. The number of carbonyl (C=O) groups is 2. The molecule has 5 heteroatoms. The molecule has 1 heterocycles. The van der Waals surface area contributed by atoms with Crippen LogP contribution in [0.25, 0.3) is 5.57 Å². The van der Waals surface area contributed by atoms with Crippen LogP contribution in [0.3, 0.4) is 0 Å².